The van der Waals surface area contributed by atoms with Gasteiger partial charge >= 0.3 is 0 Å². The van der Waals surface area contributed by atoms with Crippen molar-refractivity contribution in [2.75, 3.05) is 7.05 Å². The second kappa shape index (κ2) is 6.26. The molecule has 0 unspecified atom stereocenters. The predicted octanol–water partition coefficient (Wildman–Crippen LogP) is 2.97. The Morgan fingerprint density at radius 3 is 3.00 bits per heavy atom. The third-order valence-corrected chi connectivity index (χ3v) is 5.31. The monoisotopic (exact) mass is 372 g/mol. The molecule has 0 radical (unpaired) electrons. The standard InChI is InChI=1S/C16H12N4O3S2/c1-20(7-12-17-9-4-6-24-13(9)14(21)19-12)16(22)10-8-25-15(18-10)11-3-2-5-23-11/h2-6,8H,7H2,1H3,(H,17,19,21). The lowest BCUT2D eigenvalue weighted by Gasteiger charge is -2.15. The van der Waals surface area contributed by atoms with E-state index in [-0.39, 0.29) is 18.0 Å². The summed E-state index contributed by atoms with van der Waals surface area (Å²) in [6.07, 6.45) is 1.56. The minimum Gasteiger partial charge on any atom is -0.462 e. The average Bonchev–Trinajstić information content (AvgIpc) is 3.33. The van der Waals surface area contributed by atoms with Crippen LogP contribution in [0.4, 0.5) is 0 Å². The van der Waals surface area contributed by atoms with Crippen molar-refractivity contribution in [3.05, 3.63) is 57.1 Å². The topological polar surface area (TPSA) is 92.1 Å². The first kappa shape index (κ1) is 15.7. The number of nitrogens with one attached hydrogen (secondary N) is 1. The summed E-state index contributed by atoms with van der Waals surface area (Å²) in [6.45, 7) is 0.188. The zero-order valence-corrected chi connectivity index (χ0v) is 14.7. The minimum atomic E-state index is -0.248. The predicted molar refractivity (Wildman–Crippen MR) is 95.9 cm³/mol. The van der Waals surface area contributed by atoms with Crippen molar-refractivity contribution in [2.24, 2.45) is 0 Å². The van der Waals surface area contributed by atoms with Crippen LogP contribution < -0.4 is 5.56 Å². The van der Waals surface area contributed by atoms with Gasteiger partial charge in [0.05, 0.1) is 18.3 Å². The van der Waals surface area contributed by atoms with E-state index in [0.717, 1.165) is 0 Å². The molecule has 4 aromatic rings. The Morgan fingerprint density at radius 2 is 2.20 bits per heavy atom. The Morgan fingerprint density at radius 1 is 1.32 bits per heavy atom. The first-order valence-electron chi connectivity index (χ1n) is 7.33. The minimum absolute atomic E-state index is 0.188. The van der Waals surface area contributed by atoms with E-state index in [4.69, 9.17) is 4.42 Å². The fraction of sp³-hybridized carbons (Fsp3) is 0.125. The summed E-state index contributed by atoms with van der Waals surface area (Å²) in [7, 11) is 1.64. The van der Waals surface area contributed by atoms with Crippen LogP contribution in [-0.2, 0) is 6.54 Å². The number of hydrogen-bond donors (Lipinski definition) is 1. The third kappa shape index (κ3) is 2.99. The summed E-state index contributed by atoms with van der Waals surface area (Å²) in [5.41, 5.74) is 0.779. The maximum atomic E-state index is 12.6. The molecule has 0 aliphatic heterocycles. The Hall–Kier alpha value is -2.78. The summed E-state index contributed by atoms with van der Waals surface area (Å²) in [5.74, 6) is 0.816. The first-order chi connectivity index (χ1) is 12.1. The lowest BCUT2D eigenvalue weighted by atomic mass is 10.3. The van der Waals surface area contributed by atoms with Crippen LogP contribution in [-0.4, -0.2) is 32.8 Å². The molecule has 1 amide bonds. The molecule has 0 atom stereocenters. The third-order valence-electron chi connectivity index (χ3n) is 3.55. The zero-order valence-electron chi connectivity index (χ0n) is 13.1. The number of aromatic nitrogens is 3. The van der Waals surface area contributed by atoms with Crippen LogP contribution in [0.1, 0.15) is 16.3 Å². The maximum Gasteiger partial charge on any atom is 0.273 e. The Labute approximate surface area is 149 Å². The summed E-state index contributed by atoms with van der Waals surface area (Å²) >= 11 is 2.68. The number of H-pyrrole nitrogens is 1. The number of aromatic amines is 1. The average molecular weight is 372 g/mol. The van der Waals surface area contributed by atoms with Gasteiger partial charge in [-0.25, -0.2) is 9.97 Å². The smallest absolute Gasteiger partial charge is 0.273 e. The maximum absolute atomic E-state index is 12.6. The molecule has 4 aromatic heterocycles. The van der Waals surface area contributed by atoms with E-state index in [0.29, 0.717) is 32.5 Å². The fourth-order valence-electron chi connectivity index (χ4n) is 2.37. The second-order valence-corrected chi connectivity index (χ2v) is 7.10. The van der Waals surface area contributed by atoms with Crippen molar-refractivity contribution in [2.45, 2.75) is 6.54 Å². The van der Waals surface area contributed by atoms with E-state index in [9.17, 15) is 9.59 Å². The number of thiophene rings is 1. The molecule has 9 heteroatoms. The SMILES string of the molecule is CN(Cc1nc2ccsc2c(=O)[nH]1)C(=O)c1csc(-c2ccco2)n1. The van der Waals surface area contributed by atoms with E-state index < -0.39 is 0 Å². The molecule has 0 saturated heterocycles. The van der Waals surface area contributed by atoms with E-state index >= 15 is 0 Å². The molecule has 0 aliphatic carbocycles. The molecule has 0 aliphatic rings. The van der Waals surface area contributed by atoms with Gasteiger partial charge < -0.3 is 14.3 Å². The highest BCUT2D eigenvalue weighted by Gasteiger charge is 2.18. The number of thiazole rings is 1. The molecule has 0 fully saturated rings. The molecule has 0 spiro atoms. The molecule has 1 N–H and O–H groups in total. The lowest BCUT2D eigenvalue weighted by Crippen LogP contribution is -2.28. The van der Waals surface area contributed by atoms with Gasteiger partial charge in [0.25, 0.3) is 11.5 Å². The second-order valence-electron chi connectivity index (χ2n) is 5.32. The summed E-state index contributed by atoms with van der Waals surface area (Å²) < 4.78 is 5.87. The van der Waals surface area contributed by atoms with Crippen molar-refractivity contribution in [3.63, 3.8) is 0 Å². The van der Waals surface area contributed by atoms with Gasteiger partial charge in [0.1, 0.15) is 16.2 Å². The van der Waals surface area contributed by atoms with E-state index in [1.54, 1.807) is 36.9 Å². The zero-order chi connectivity index (χ0) is 17.4. The molecular weight excluding hydrogens is 360 g/mol. The van der Waals surface area contributed by atoms with E-state index in [1.165, 1.54) is 27.6 Å². The van der Waals surface area contributed by atoms with Gasteiger partial charge in [-0.3, -0.25) is 9.59 Å². The van der Waals surface area contributed by atoms with Crippen LogP contribution in [0.5, 0.6) is 0 Å². The normalized spacial score (nSPS) is 11.1. The number of carbonyl (C=O) groups is 1. The molecular formula is C16H12N4O3S2. The Bertz CT molecular complexity index is 1090. The van der Waals surface area contributed by atoms with Gasteiger partial charge in [-0.05, 0) is 23.6 Å². The number of nitrogens with zero attached hydrogens (tertiary/aromatic N) is 3. The molecule has 7 nitrogen and oxygen atoms in total. The van der Waals surface area contributed by atoms with Crippen LogP contribution in [0.2, 0.25) is 0 Å². The Balaban J connectivity index is 1.54. The van der Waals surface area contributed by atoms with E-state index in [2.05, 4.69) is 15.0 Å². The number of rotatable bonds is 4. The molecule has 126 valence electrons. The van der Waals surface area contributed by atoms with Gasteiger partial charge in [-0.1, -0.05) is 0 Å². The summed E-state index contributed by atoms with van der Waals surface area (Å²) in [4.78, 5) is 37.5. The number of carbonyl (C=O) groups excluding carboxylic acids is 1. The van der Waals surface area contributed by atoms with Crippen LogP contribution in [0.3, 0.4) is 0 Å². The van der Waals surface area contributed by atoms with Crippen LogP contribution in [0, 0.1) is 0 Å². The van der Waals surface area contributed by atoms with Crippen molar-refractivity contribution < 1.29 is 9.21 Å². The molecule has 0 saturated carbocycles. The lowest BCUT2D eigenvalue weighted by molar-refractivity contribution is 0.0776. The van der Waals surface area contributed by atoms with Crippen molar-refractivity contribution in [1.29, 1.82) is 0 Å². The van der Waals surface area contributed by atoms with Crippen LogP contribution >= 0.6 is 22.7 Å². The molecule has 4 rings (SSSR count). The first-order valence-corrected chi connectivity index (χ1v) is 9.09. The molecule has 0 aromatic carbocycles. The molecule has 25 heavy (non-hydrogen) atoms. The fourth-order valence-corrected chi connectivity index (χ4v) is 3.86. The van der Waals surface area contributed by atoms with Gasteiger partial charge in [-0.2, -0.15) is 0 Å². The van der Waals surface area contributed by atoms with Crippen molar-refractivity contribution >= 4 is 38.8 Å². The highest BCUT2D eigenvalue weighted by molar-refractivity contribution is 7.17. The van der Waals surface area contributed by atoms with Gasteiger partial charge in [-0.15, -0.1) is 22.7 Å². The number of amides is 1. The Kier molecular flexibility index (Phi) is 3.94. The number of hydrogen-bond acceptors (Lipinski definition) is 7. The summed E-state index contributed by atoms with van der Waals surface area (Å²) in [5, 5.41) is 4.15. The van der Waals surface area contributed by atoms with Crippen LogP contribution in [0.15, 0.2) is 44.4 Å². The molecule has 4 heterocycles. The number of furan rings is 1. The van der Waals surface area contributed by atoms with Gasteiger partial charge in [0.2, 0.25) is 0 Å². The van der Waals surface area contributed by atoms with Crippen molar-refractivity contribution in [3.8, 4) is 10.8 Å². The molecule has 0 bridgehead atoms. The van der Waals surface area contributed by atoms with Gasteiger partial charge in [0.15, 0.2) is 10.8 Å². The largest absolute Gasteiger partial charge is 0.462 e. The summed E-state index contributed by atoms with van der Waals surface area (Å²) in [6, 6.07) is 5.35. The van der Waals surface area contributed by atoms with Crippen LogP contribution in [0.25, 0.3) is 21.0 Å². The van der Waals surface area contributed by atoms with Crippen molar-refractivity contribution in [1.82, 2.24) is 19.9 Å². The number of fused-ring (bicyclic) bond motifs is 1. The van der Waals surface area contributed by atoms with E-state index in [1.807, 2.05) is 5.38 Å². The quantitative estimate of drug-likeness (QED) is 0.594. The highest BCUT2D eigenvalue weighted by Crippen LogP contribution is 2.24. The highest BCUT2D eigenvalue weighted by atomic mass is 32.1. The van der Waals surface area contributed by atoms with Gasteiger partial charge in [0, 0.05) is 12.4 Å².